The molecule has 0 atom stereocenters. The summed E-state index contributed by atoms with van der Waals surface area (Å²) in [6.07, 6.45) is 5.90. The van der Waals surface area contributed by atoms with E-state index in [-0.39, 0.29) is 0 Å². The Balaban J connectivity index is 2.51. The van der Waals surface area contributed by atoms with Gasteiger partial charge in [0.25, 0.3) is 0 Å². The average molecular weight is 237 g/mol. The fourth-order valence-electron chi connectivity index (χ4n) is 1.58. The predicted molar refractivity (Wildman–Crippen MR) is 72.8 cm³/mol. The molecule has 0 spiro atoms. The van der Waals surface area contributed by atoms with Crippen molar-refractivity contribution >= 4 is 11.4 Å². The lowest BCUT2D eigenvalue weighted by atomic mass is 10.3. The van der Waals surface area contributed by atoms with Crippen LogP contribution in [0.25, 0.3) is 0 Å². The highest BCUT2D eigenvalue weighted by molar-refractivity contribution is 5.55. The lowest BCUT2D eigenvalue weighted by Gasteiger charge is -2.19. The summed E-state index contributed by atoms with van der Waals surface area (Å²) in [6, 6.07) is 2.13. The molecule has 0 aromatic carbocycles. The van der Waals surface area contributed by atoms with Gasteiger partial charge in [-0.05, 0) is 18.9 Å². The molecule has 1 rings (SSSR count). The number of ether oxygens (including phenoxy) is 1. The lowest BCUT2D eigenvalue weighted by molar-refractivity contribution is 0.196. The van der Waals surface area contributed by atoms with Crippen LogP contribution in [-0.2, 0) is 4.74 Å². The number of nitrogens with zero attached hydrogens (tertiary/aromatic N) is 2. The number of pyridine rings is 1. The van der Waals surface area contributed by atoms with Crippen molar-refractivity contribution in [2.24, 2.45) is 0 Å². The third-order valence-corrected chi connectivity index (χ3v) is 2.59. The second-order valence-electron chi connectivity index (χ2n) is 4.13. The summed E-state index contributed by atoms with van der Waals surface area (Å²) in [5.41, 5.74) is 2.23. The van der Waals surface area contributed by atoms with E-state index >= 15 is 0 Å². The molecule has 0 aliphatic rings. The van der Waals surface area contributed by atoms with E-state index in [0.29, 0.717) is 0 Å². The molecule has 0 saturated heterocycles. The zero-order valence-electron chi connectivity index (χ0n) is 11.1. The van der Waals surface area contributed by atoms with Crippen LogP contribution in [0.1, 0.15) is 19.8 Å². The molecular formula is C13H23N3O. The molecule has 17 heavy (non-hydrogen) atoms. The van der Waals surface area contributed by atoms with Crippen molar-refractivity contribution in [2.45, 2.75) is 19.8 Å². The van der Waals surface area contributed by atoms with Gasteiger partial charge >= 0.3 is 0 Å². The highest BCUT2D eigenvalue weighted by Crippen LogP contribution is 2.16. The summed E-state index contributed by atoms with van der Waals surface area (Å²) < 4.78 is 5.05. The van der Waals surface area contributed by atoms with Crippen molar-refractivity contribution in [3.8, 4) is 0 Å². The summed E-state index contributed by atoms with van der Waals surface area (Å²) in [6.45, 7) is 4.91. The second kappa shape index (κ2) is 7.90. The van der Waals surface area contributed by atoms with E-state index < -0.39 is 0 Å². The van der Waals surface area contributed by atoms with Gasteiger partial charge in [0.1, 0.15) is 0 Å². The standard InChI is InChI=1S/C13H23N3O/c1-4-6-15-12-9-13(11-14-10-12)16(2)7-5-8-17-3/h9-11,15H,4-8H2,1-3H3. The molecular weight excluding hydrogens is 214 g/mol. The van der Waals surface area contributed by atoms with E-state index in [0.717, 1.165) is 43.9 Å². The fraction of sp³-hybridized carbons (Fsp3) is 0.615. The molecule has 0 radical (unpaired) electrons. The number of hydrogen-bond acceptors (Lipinski definition) is 4. The van der Waals surface area contributed by atoms with Crippen LogP contribution in [-0.4, -0.2) is 38.8 Å². The fourth-order valence-corrected chi connectivity index (χ4v) is 1.58. The third-order valence-electron chi connectivity index (χ3n) is 2.59. The van der Waals surface area contributed by atoms with Crippen molar-refractivity contribution in [1.29, 1.82) is 0 Å². The minimum absolute atomic E-state index is 0.797. The van der Waals surface area contributed by atoms with Gasteiger partial charge in [-0.15, -0.1) is 0 Å². The average Bonchev–Trinajstić information content (AvgIpc) is 2.37. The first kappa shape index (κ1) is 13.8. The van der Waals surface area contributed by atoms with Crippen LogP contribution in [0.5, 0.6) is 0 Å². The monoisotopic (exact) mass is 237 g/mol. The van der Waals surface area contributed by atoms with Crippen LogP contribution in [0.15, 0.2) is 18.5 Å². The zero-order chi connectivity index (χ0) is 12.5. The van der Waals surface area contributed by atoms with Gasteiger partial charge in [-0.3, -0.25) is 4.98 Å². The van der Waals surface area contributed by atoms with Crippen LogP contribution in [0.4, 0.5) is 11.4 Å². The van der Waals surface area contributed by atoms with E-state index in [2.05, 4.69) is 35.2 Å². The molecule has 1 heterocycles. The topological polar surface area (TPSA) is 37.4 Å². The third kappa shape index (κ3) is 5.04. The Kier molecular flexibility index (Phi) is 6.40. The number of rotatable bonds is 8. The van der Waals surface area contributed by atoms with Gasteiger partial charge in [0.05, 0.1) is 23.8 Å². The summed E-state index contributed by atoms with van der Waals surface area (Å²) in [4.78, 5) is 6.45. The maximum atomic E-state index is 5.05. The van der Waals surface area contributed by atoms with Gasteiger partial charge in [-0.25, -0.2) is 0 Å². The molecule has 4 nitrogen and oxygen atoms in total. The quantitative estimate of drug-likeness (QED) is 0.704. The number of aromatic nitrogens is 1. The van der Waals surface area contributed by atoms with Crippen molar-refractivity contribution in [2.75, 3.05) is 44.1 Å². The Hall–Kier alpha value is -1.29. The SMILES string of the molecule is CCCNc1cncc(N(C)CCCOC)c1. The van der Waals surface area contributed by atoms with E-state index in [1.54, 1.807) is 7.11 Å². The number of hydrogen-bond donors (Lipinski definition) is 1. The smallest absolute Gasteiger partial charge is 0.0570 e. The van der Waals surface area contributed by atoms with E-state index in [1.165, 1.54) is 0 Å². The van der Waals surface area contributed by atoms with Crippen LogP contribution < -0.4 is 10.2 Å². The molecule has 96 valence electrons. The van der Waals surface area contributed by atoms with Crippen LogP contribution in [0.2, 0.25) is 0 Å². The molecule has 0 saturated carbocycles. The summed E-state index contributed by atoms with van der Waals surface area (Å²) in [5, 5.41) is 3.34. The van der Waals surface area contributed by atoms with Crippen LogP contribution in [0, 0.1) is 0 Å². The van der Waals surface area contributed by atoms with Crippen molar-refractivity contribution in [1.82, 2.24) is 4.98 Å². The maximum Gasteiger partial charge on any atom is 0.0570 e. The molecule has 0 fully saturated rings. The van der Waals surface area contributed by atoms with Gasteiger partial charge in [-0.1, -0.05) is 6.92 Å². The number of methoxy groups -OCH3 is 1. The van der Waals surface area contributed by atoms with Gasteiger partial charge in [0.2, 0.25) is 0 Å². The molecule has 0 amide bonds. The first-order valence-electron chi connectivity index (χ1n) is 6.17. The Morgan fingerprint density at radius 1 is 1.41 bits per heavy atom. The van der Waals surface area contributed by atoms with Gasteiger partial charge in [0.15, 0.2) is 0 Å². The molecule has 1 N–H and O–H groups in total. The van der Waals surface area contributed by atoms with Crippen molar-refractivity contribution in [3.05, 3.63) is 18.5 Å². The number of nitrogens with one attached hydrogen (secondary N) is 1. The van der Waals surface area contributed by atoms with Gasteiger partial charge < -0.3 is 15.0 Å². The molecule has 0 aliphatic heterocycles. The Morgan fingerprint density at radius 3 is 2.94 bits per heavy atom. The van der Waals surface area contributed by atoms with Crippen LogP contribution >= 0.6 is 0 Å². The summed E-state index contributed by atoms with van der Waals surface area (Å²) in [5.74, 6) is 0. The Labute approximate surface area is 104 Å². The van der Waals surface area contributed by atoms with Crippen molar-refractivity contribution in [3.63, 3.8) is 0 Å². The molecule has 0 unspecified atom stereocenters. The minimum atomic E-state index is 0.797. The maximum absolute atomic E-state index is 5.05. The first-order chi connectivity index (χ1) is 8.27. The molecule has 4 heteroatoms. The van der Waals surface area contributed by atoms with E-state index in [9.17, 15) is 0 Å². The molecule has 1 aromatic heterocycles. The first-order valence-corrected chi connectivity index (χ1v) is 6.17. The summed E-state index contributed by atoms with van der Waals surface area (Å²) in [7, 11) is 3.81. The second-order valence-corrected chi connectivity index (χ2v) is 4.13. The normalized spacial score (nSPS) is 10.3. The number of anilines is 2. The Morgan fingerprint density at radius 2 is 2.24 bits per heavy atom. The molecule has 1 aromatic rings. The molecule has 0 aliphatic carbocycles. The predicted octanol–water partition coefficient (Wildman–Crippen LogP) is 2.38. The lowest BCUT2D eigenvalue weighted by Crippen LogP contribution is -2.20. The highest BCUT2D eigenvalue weighted by Gasteiger charge is 2.02. The van der Waals surface area contributed by atoms with E-state index in [4.69, 9.17) is 4.74 Å². The molecule has 0 bridgehead atoms. The largest absolute Gasteiger partial charge is 0.385 e. The van der Waals surface area contributed by atoms with E-state index in [1.807, 2.05) is 12.4 Å². The minimum Gasteiger partial charge on any atom is -0.385 e. The van der Waals surface area contributed by atoms with Crippen LogP contribution in [0.3, 0.4) is 0 Å². The zero-order valence-corrected chi connectivity index (χ0v) is 11.1. The van der Waals surface area contributed by atoms with Gasteiger partial charge in [0, 0.05) is 33.9 Å². The van der Waals surface area contributed by atoms with Gasteiger partial charge in [-0.2, -0.15) is 0 Å². The Bertz CT molecular complexity index is 317. The summed E-state index contributed by atoms with van der Waals surface area (Å²) >= 11 is 0. The highest BCUT2D eigenvalue weighted by atomic mass is 16.5. The van der Waals surface area contributed by atoms with Crippen molar-refractivity contribution < 1.29 is 4.74 Å².